The van der Waals surface area contributed by atoms with Crippen molar-refractivity contribution in [1.82, 2.24) is 0 Å². The zero-order chi connectivity index (χ0) is 18.1. The van der Waals surface area contributed by atoms with Crippen molar-refractivity contribution in [3.05, 3.63) is 0 Å². The van der Waals surface area contributed by atoms with Crippen molar-refractivity contribution in [2.75, 3.05) is 27.4 Å². The first-order chi connectivity index (χ1) is 12.1. The predicted molar refractivity (Wildman–Crippen MR) is 97.4 cm³/mol. The van der Waals surface area contributed by atoms with Crippen molar-refractivity contribution < 1.29 is 23.7 Å². The third-order valence-corrected chi connectivity index (χ3v) is 5.78. The van der Waals surface area contributed by atoms with Crippen LogP contribution in [0, 0.1) is 11.8 Å². The predicted octanol–water partition coefficient (Wildman–Crippen LogP) is 4.14. The summed E-state index contributed by atoms with van der Waals surface area (Å²) < 4.78 is 28.7. The molecule has 5 heteroatoms. The zero-order valence-electron chi connectivity index (χ0n) is 16.6. The molecule has 6 unspecified atom stereocenters. The third-order valence-electron chi connectivity index (χ3n) is 5.78. The highest BCUT2D eigenvalue weighted by Gasteiger charge is 2.33. The van der Waals surface area contributed by atoms with Crippen LogP contribution in [0.5, 0.6) is 0 Å². The summed E-state index contributed by atoms with van der Waals surface area (Å²) in [5.74, 6) is 0.959. The summed E-state index contributed by atoms with van der Waals surface area (Å²) in [5, 5.41) is 0. The van der Waals surface area contributed by atoms with Crippen LogP contribution in [0.4, 0.5) is 0 Å². The summed E-state index contributed by atoms with van der Waals surface area (Å²) >= 11 is 0. The molecule has 5 nitrogen and oxygen atoms in total. The van der Waals surface area contributed by atoms with Gasteiger partial charge in [0, 0.05) is 26.1 Å². The van der Waals surface area contributed by atoms with E-state index in [0.29, 0.717) is 24.0 Å². The molecule has 2 rings (SSSR count). The molecule has 2 aliphatic carbocycles. The number of rotatable bonds is 10. The van der Waals surface area contributed by atoms with Gasteiger partial charge in [0.15, 0.2) is 12.6 Å². The van der Waals surface area contributed by atoms with E-state index in [1.54, 1.807) is 14.2 Å². The largest absolute Gasteiger partial charge is 0.374 e. The average molecular weight is 359 g/mol. The monoisotopic (exact) mass is 358 g/mol. The molecule has 0 aromatic rings. The van der Waals surface area contributed by atoms with Gasteiger partial charge in [-0.15, -0.1) is 0 Å². The second-order valence-corrected chi connectivity index (χ2v) is 7.58. The van der Waals surface area contributed by atoms with E-state index >= 15 is 0 Å². The standard InChI is InChI=1S/C20H38O5/c1-15(21-3)23-13-17-9-5-7-11-19(17)25-20-12-8-6-10-18(20)14-24-16(2)22-4/h15-20H,5-14H2,1-4H3. The summed E-state index contributed by atoms with van der Waals surface area (Å²) in [4.78, 5) is 0. The Morgan fingerprint density at radius 2 is 1.08 bits per heavy atom. The van der Waals surface area contributed by atoms with E-state index in [2.05, 4.69) is 0 Å². The van der Waals surface area contributed by atoms with Crippen LogP contribution in [0.25, 0.3) is 0 Å². The number of methoxy groups -OCH3 is 2. The molecule has 0 heterocycles. The summed E-state index contributed by atoms with van der Waals surface area (Å²) in [6.45, 7) is 5.36. The Kier molecular flexibility index (Phi) is 9.71. The fourth-order valence-corrected chi connectivity index (χ4v) is 3.97. The van der Waals surface area contributed by atoms with Gasteiger partial charge in [-0.05, 0) is 39.5 Å². The minimum absolute atomic E-state index is 0.145. The van der Waals surface area contributed by atoms with Crippen LogP contribution in [0.2, 0.25) is 0 Å². The van der Waals surface area contributed by atoms with Gasteiger partial charge in [-0.3, -0.25) is 0 Å². The van der Waals surface area contributed by atoms with Crippen molar-refractivity contribution in [2.45, 2.75) is 90.0 Å². The van der Waals surface area contributed by atoms with Crippen LogP contribution in [0.15, 0.2) is 0 Å². The second-order valence-electron chi connectivity index (χ2n) is 7.58. The van der Waals surface area contributed by atoms with E-state index in [-0.39, 0.29) is 12.6 Å². The molecule has 0 bridgehead atoms. The first kappa shape index (κ1) is 21.1. The molecule has 148 valence electrons. The van der Waals surface area contributed by atoms with E-state index in [1.807, 2.05) is 13.8 Å². The van der Waals surface area contributed by atoms with E-state index < -0.39 is 0 Å². The molecule has 0 radical (unpaired) electrons. The third kappa shape index (κ3) is 7.14. The SMILES string of the molecule is COC(C)OCC1CCCCC1OC1CCCCC1COC(C)OC. The fourth-order valence-electron chi connectivity index (χ4n) is 3.97. The second kappa shape index (κ2) is 11.5. The lowest BCUT2D eigenvalue weighted by Crippen LogP contribution is -2.40. The summed E-state index contributed by atoms with van der Waals surface area (Å²) in [7, 11) is 3.38. The first-order valence-corrected chi connectivity index (χ1v) is 10.1. The maximum atomic E-state index is 6.65. The van der Waals surface area contributed by atoms with Gasteiger partial charge in [-0.1, -0.05) is 25.7 Å². The van der Waals surface area contributed by atoms with Crippen molar-refractivity contribution in [3.63, 3.8) is 0 Å². The van der Waals surface area contributed by atoms with Crippen LogP contribution in [0.3, 0.4) is 0 Å². The molecule has 2 aliphatic rings. The molecule has 25 heavy (non-hydrogen) atoms. The summed E-state index contributed by atoms with van der Waals surface area (Å²) in [5.41, 5.74) is 0. The van der Waals surface area contributed by atoms with Crippen LogP contribution in [-0.2, 0) is 23.7 Å². The summed E-state index contributed by atoms with van der Waals surface area (Å²) in [6.07, 6.45) is 10.1. The molecule has 0 saturated heterocycles. The van der Waals surface area contributed by atoms with Gasteiger partial charge in [0.2, 0.25) is 0 Å². The highest BCUT2D eigenvalue weighted by Crippen LogP contribution is 2.34. The lowest BCUT2D eigenvalue weighted by molar-refractivity contribution is -0.167. The fraction of sp³-hybridized carbons (Fsp3) is 1.00. The molecule has 0 aromatic heterocycles. The molecule has 0 aliphatic heterocycles. The molecular weight excluding hydrogens is 320 g/mol. The van der Waals surface area contributed by atoms with E-state index in [4.69, 9.17) is 23.7 Å². The van der Waals surface area contributed by atoms with E-state index in [0.717, 1.165) is 26.1 Å². The van der Waals surface area contributed by atoms with Gasteiger partial charge in [0.25, 0.3) is 0 Å². The lowest BCUT2D eigenvalue weighted by atomic mass is 9.84. The Balaban J connectivity index is 1.86. The molecule has 0 N–H and O–H groups in total. The first-order valence-electron chi connectivity index (χ1n) is 10.1. The van der Waals surface area contributed by atoms with E-state index in [1.165, 1.54) is 38.5 Å². The Labute approximate surface area is 153 Å². The number of ether oxygens (including phenoxy) is 5. The maximum absolute atomic E-state index is 6.65. The summed E-state index contributed by atoms with van der Waals surface area (Å²) in [6, 6.07) is 0. The van der Waals surface area contributed by atoms with E-state index in [9.17, 15) is 0 Å². The molecule has 0 amide bonds. The Morgan fingerprint density at radius 3 is 1.48 bits per heavy atom. The van der Waals surface area contributed by atoms with Crippen LogP contribution in [-0.4, -0.2) is 52.2 Å². The van der Waals surface area contributed by atoms with Crippen molar-refractivity contribution in [2.24, 2.45) is 11.8 Å². The zero-order valence-corrected chi connectivity index (χ0v) is 16.6. The van der Waals surface area contributed by atoms with Crippen molar-refractivity contribution >= 4 is 0 Å². The Hall–Kier alpha value is -0.200. The maximum Gasteiger partial charge on any atom is 0.154 e. The average Bonchev–Trinajstić information content (AvgIpc) is 2.66. The quantitative estimate of drug-likeness (QED) is 0.549. The molecule has 2 saturated carbocycles. The minimum Gasteiger partial charge on any atom is -0.374 e. The van der Waals surface area contributed by atoms with Gasteiger partial charge in [0.05, 0.1) is 25.4 Å². The molecule has 0 spiro atoms. The van der Waals surface area contributed by atoms with Gasteiger partial charge < -0.3 is 23.7 Å². The van der Waals surface area contributed by atoms with Gasteiger partial charge in [-0.25, -0.2) is 0 Å². The van der Waals surface area contributed by atoms with Gasteiger partial charge in [0.1, 0.15) is 0 Å². The molecule has 2 fully saturated rings. The number of hydrogen-bond acceptors (Lipinski definition) is 5. The van der Waals surface area contributed by atoms with Gasteiger partial charge in [-0.2, -0.15) is 0 Å². The van der Waals surface area contributed by atoms with Crippen molar-refractivity contribution in [3.8, 4) is 0 Å². The molecule has 0 aromatic carbocycles. The highest BCUT2D eigenvalue weighted by molar-refractivity contribution is 4.82. The highest BCUT2D eigenvalue weighted by atomic mass is 16.7. The van der Waals surface area contributed by atoms with Crippen LogP contribution >= 0.6 is 0 Å². The topological polar surface area (TPSA) is 46.2 Å². The lowest BCUT2D eigenvalue weighted by Gasteiger charge is -2.39. The van der Waals surface area contributed by atoms with Gasteiger partial charge >= 0.3 is 0 Å². The Bertz CT molecular complexity index is 319. The van der Waals surface area contributed by atoms with Crippen LogP contribution < -0.4 is 0 Å². The molecular formula is C20H38O5. The van der Waals surface area contributed by atoms with Crippen LogP contribution in [0.1, 0.15) is 65.2 Å². The number of hydrogen-bond donors (Lipinski definition) is 0. The normalized spacial score (nSPS) is 33.1. The molecule has 6 atom stereocenters. The van der Waals surface area contributed by atoms with Crippen molar-refractivity contribution in [1.29, 1.82) is 0 Å². The Morgan fingerprint density at radius 1 is 0.680 bits per heavy atom. The minimum atomic E-state index is -0.145. The smallest absolute Gasteiger partial charge is 0.154 e.